The Balaban J connectivity index is 2.28. The van der Waals surface area contributed by atoms with Gasteiger partial charge >= 0.3 is 0 Å². The maximum absolute atomic E-state index is 6.11. The second kappa shape index (κ2) is 5.03. The third-order valence-corrected chi connectivity index (χ3v) is 3.77. The van der Waals surface area contributed by atoms with Crippen LogP contribution in [0.1, 0.15) is 16.7 Å². The first-order valence-corrected chi connectivity index (χ1v) is 6.32. The Labute approximate surface area is 109 Å². The van der Waals surface area contributed by atoms with Gasteiger partial charge in [0.25, 0.3) is 0 Å². The molecule has 0 aliphatic carbocycles. The topological polar surface area (TPSA) is 0 Å². The molecule has 0 radical (unpaired) electrons. The Morgan fingerprint density at radius 1 is 1.12 bits per heavy atom. The lowest BCUT2D eigenvalue weighted by atomic mass is 10.0. The van der Waals surface area contributed by atoms with Crippen molar-refractivity contribution in [2.75, 3.05) is 0 Å². The minimum Gasteiger partial charge on any atom is -0.0840 e. The maximum Gasteiger partial charge on any atom is 0.0438 e. The summed E-state index contributed by atoms with van der Waals surface area (Å²) >= 11 is 9.66. The number of hydrogen-bond acceptors (Lipinski definition) is 0. The average Bonchev–Trinajstić information content (AvgIpc) is 2.27. The molecule has 16 heavy (non-hydrogen) atoms. The molecule has 2 rings (SSSR count). The number of aryl methyl sites for hydroxylation is 1. The van der Waals surface area contributed by atoms with Crippen LogP contribution in [-0.4, -0.2) is 0 Å². The van der Waals surface area contributed by atoms with Gasteiger partial charge in [0.15, 0.2) is 0 Å². The molecule has 0 fully saturated rings. The molecular weight excluding hydrogens is 284 g/mol. The molecule has 2 aromatic carbocycles. The zero-order valence-electron chi connectivity index (χ0n) is 9.00. The van der Waals surface area contributed by atoms with Crippen molar-refractivity contribution in [2.45, 2.75) is 13.3 Å². The van der Waals surface area contributed by atoms with Crippen LogP contribution < -0.4 is 0 Å². The van der Waals surface area contributed by atoms with Crippen LogP contribution in [0, 0.1) is 6.92 Å². The molecule has 0 aliphatic rings. The van der Waals surface area contributed by atoms with Crippen LogP contribution in [0.4, 0.5) is 0 Å². The minimum absolute atomic E-state index is 0.838. The zero-order valence-corrected chi connectivity index (χ0v) is 11.3. The summed E-state index contributed by atoms with van der Waals surface area (Å²) in [4.78, 5) is 0. The van der Waals surface area contributed by atoms with Gasteiger partial charge in [0.2, 0.25) is 0 Å². The molecular formula is C14H12BrCl. The normalized spacial score (nSPS) is 10.4. The summed E-state index contributed by atoms with van der Waals surface area (Å²) in [5.41, 5.74) is 3.64. The van der Waals surface area contributed by atoms with Crippen LogP contribution in [0.3, 0.4) is 0 Å². The van der Waals surface area contributed by atoms with Gasteiger partial charge in [0.05, 0.1) is 0 Å². The van der Waals surface area contributed by atoms with E-state index in [2.05, 4.69) is 46.3 Å². The maximum atomic E-state index is 6.11. The summed E-state index contributed by atoms with van der Waals surface area (Å²) in [5.74, 6) is 0. The van der Waals surface area contributed by atoms with Crippen LogP contribution in [0.15, 0.2) is 46.9 Å². The van der Waals surface area contributed by atoms with Crippen LogP contribution in [0.2, 0.25) is 5.02 Å². The minimum atomic E-state index is 0.838. The summed E-state index contributed by atoms with van der Waals surface area (Å²) in [6.07, 6.45) is 0.904. The first kappa shape index (κ1) is 11.7. The van der Waals surface area contributed by atoms with E-state index in [1.807, 2.05) is 19.1 Å². The highest BCUT2D eigenvalue weighted by Crippen LogP contribution is 2.22. The van der Waals surface area contributed by atoms with Gasteiger partial charge in [-0.15, -0.1) is 0 Å². The highest BCUT2D eigenvalue weighted by molar-refractivity contribution is 9.10. The summed E-state index contributed by atoms with van der Waals surface area (Å²) in [7, 11) is 0. The molecule has 0 saturated carbocycles. The number of benzene rings is 2. The van der Waals surface area contributed by atoms with Crippen molar-refractivity contribution in [1.82, 2.24) is 0 Å². The molecule has 0 heterocycles. The molecule has 0 nitrogen and oxygen atoms in total. The third kappa shape index (κ3) is 2.66. The summed E-state index contributed by atoms with van der Waals surface area (Å²) in [6.45, 7) is 2.02. The highest BCUT2D eigenvalue weighted by Gasteiger charge is 2.02. The molecule has 0 unspecified atom stereocenters. The summed E-state index contributed by atoms with van der Waals surface area (Å²) < 4.78 is 1.15. The predicted octanol–water partition coefficient (Wildman–Crippen LogP) is 5.00. The molecule has 0 N–H and O–H groups in total. The van der Waals surface area contributed by atoms with E-state index in [-0.39, 0.29) is 0 Å². The second-order valence-electron chi connectivity index (χ2n) is 3.85. The lowest BCUT2D eigenvalue weighted by molar-refractivity contribution is 1.17. The Morgan fingerprint density at radius 2 is 1.88 bits per heavy atom. The molecule has 0 atom stereocenters. The lowest BCUT2D eigenvalue weighted by Crippen LogP contribution is -1.90. The third-order valence-electron chi connectivity index (χ3n) is 2.59. The standard InChI is InChI=1S/C14H12BrCl/c1-10-6-7-11(9-14(10)16)8-12-4-2-3-5-13(12)15/h2-7,9H,8H2,1H3. The zero-order chi connectivity index (χ0) is 11.5. The van der Waals surface area contributed by atoms with Crippen molar-refractivity contribution in [1.29, 1.82) is 0 Å². The quantitative estimate of drug-likeness (QED) is 0.731. The van der Waals surface area contributed by atoms with Gasteiger partial charge < -0.3 is 0 Å². The van der Waals surface area contributed by atoms with Crippen molar-refractivity contribution >= 4 is 27.5 Å². The number of hydrogen-bond donors (Lipinski definition) is 0. The largest absolute Gasteiger partial charge is 0.0840 e. The first-order valence-electron chi connectivity index (χ1n) is 5.15. The monoisotopic (exact) mass is 294 g/mol. The van der Waals surface area contributed by atoms with Crippen molar-refractivity contribution in [3.05, 3.63) is 68.7 Å². The van der Waals surface area contributed by atoms with E-state index >= 15 is 0 Å². The Hall–Kier alpha value is -0.790. The highest BCUT2D eigenvalue weighted by atomic mass is 79.9. The molecule has 0 aliphatic heterocycles. The van der Waals surface area contributed by atoms with Gasteiger partial charge in [-0.05, 0) is 42.2 Å². The summed E-state index contributed by atoms with van der Waals surface area (Å²) in [6, 6.07) is 14.5. The van der Waals surface area contributed by atoms with Crippen LogP contribution in [-0.2, 0) is 6.42 Å². The smallest absolute Gasteiger partial charge is 0.0438 e. The molecule has 2 aromatic rings. The summed E-state index contributed by atoms with van der Waals surface area (Å²) in [5, 5.41) is 0.838. The Kier molecular flexibility index (Phi) is 3.67. The fraction of sp³-hybridized carbons (Fsp3) is 0.143. The first-order chi connectivity index (χ1) is 7.66. The van der Waals surface area contributed by atoms with Crippen molar-refractivity contribution in [2.24, 2.45) is 0 Å². The van der Waals surface area contributed by atoms with E-state index in [1.165, 1.54) is 11.1 Å². The van der Waals surface area contributed by atoms with Gasteiger partial charge in [-0.1, -0.05) is 57.9 Å². The van der Waals surface area contributed by atoms with Gasteiger partial charge in [0, 0.05) is 9.50 Å². The average molecular weight is 296 g/mol. The SMILES string of the molecule is Cc1ccc(Cc2ccccc2Br)cc1Cl. The molecule has 0 aromatic heterocycles. The van der Waals surface area contributed by atoms with Gasteiger partial charge in [-0.3, -0.25) is 0 Å². The van der Waals surface area contributed by atoms with Crippen molar-refractivity contribution < 1.29 is 0 Å². The van der Waals surface area contributed by atoms with Gasteiger partial charge in [0.1, 0.15) is 0 Å². The second-order valence-corrected chi connectivity index (χ2v) is 5.11. The van der Waals surface area contributed by atoms with Crippen molar-refractivity contribution in [3.63, 3.8) is 0 Å². The van der Waals surface area contributed by atoms with Crippen LogP contribution in [0.5, 0.6) is 0 Å². The molecule has 2 heteroatoms. The molecule has 0 bridgehead atoms. The number of rotatable bonds is 2. The predicted molar refractivity (Wildman–Crippen MR) is 73.1 cm³/mol. The van der Waals surface area contributed by atoms with E-state index in [0.29, 0.717) is 0 Å². The lowest BCUT2D eigenvalue weighted by Gasteiger charge is -2.06. The Bertz CT molecular complexity index is 506. The van der Waals surface area contributed by atoms with E-state index < -0.39 is 0 Å². The Morgan fingerprint density at radius 3 is 2.56 bits per heavy atom. The van der Waals surface area contributed by atoms with E-state index in [0.717, 1.165) is 21.5 Å². The number of halogens is 2. The van der Waals surface area contributed by atoms with E-state index in [9.17, 15) is 0 Å². The van der Waals surface area contributed by atoms with Crippen LogP contribution >= 0.6 is 27.5 Å². The molecule has 82 valence electrons. The van der Waals surface area contributed by atoms with Gasteiger partial charge in [-0.2, -0.15) is 0 Å². The van der Waals surface area contributed by atoms with E-state index in [4.69, 9.17) is 11.6 Å². The van der Waals surface area contributed by atoms with E-state index in [1.54, 1.807) is 0 Å². The van der Waals surface area contributed by atoms with Crippen LogP contribution in [0.25, 0.3) is 0 Å². The van der Waals surface area contributed by atoms with Gasteiger partial charge in [-0.25, -0.2) is 0 Å². The van der Waals surface area contributed by atoms with Crippen molar-refractivity contribution in [3.8, 4) is 0 Å². The molecule has 0 amide bonds. The molecule has 0 saturated heterocycles. The molecule has 0 spiro atoms. The fourth-order valence-electron chi connectivity index (χ4n) is 1.61. The fourth-order valence-corrected chi connectivity index (χ4v) is 2.24.